The summed E-state index contributed by atoms with van der Waals surface area (Å²) >= 11 is 6.58. The minimum Gasteiger partial charge on any atom is -0.368 e. The topological polar surface area (TPSA) is 93.5 Å². The van der Waals surface area contributed by atoms with Crippen molar-refractivity contribution in [2.45, 2.75) is 0 Å². The number of benzene rings is 1. The summed E-state index contributed by atoms with van der Waals surface area (Å²) in [5, 5.41) is 5.46. The molecule has 0 aromatic heterocycles. The number of nitrogens with two attached hydrogens (primary N) is 2. The molecule has 0 aliphatic rings. The average Bonchev–Trinajstić information content (AvgIpc) is 2.21. The van der Waals surface area contributed by atoms with Gasteiger partial charge < -0.3 is 11.6 Å². The number of halogens is 4. The van der Waals surface area contributed by atoms with E-state index < -0.39 is 0 Å². The third-order valence-corrected chi connectivity index (χ3v) is 3.44. The van der Waals surface area contributed by atoms with Crippen molar-refractivity contribution in [2.75, 3.05) is 0 Å². The summed E-state index contributed by atoms with van der Waals surface area (Å²) in [5.41, 5.74) is 5.71. The molecule has 0 atom stereocenters. The normalized spacial score (nSPS) is 9.88. The molecule has 0 saturated heterocycles. The molecule has 9 heteroatoms. The van der Waals surface area contributed by atoms with E-state index in [4.69, 9.17) is 11.6 Å². The number of carbonyl (C=O) groups excluding carboxylic acids is 1. The second-order valence-corrected chi connectivity index (χ2v) is 4.31. The van der Waals surface area contributed by atoms with Crippen molar-refractivity contribution in [2.24, 2.45) is 16.7 Å². The maximum absolute atomic E-state index is 11.5. The van der Waals surface area contributed by atoms with Crippen molar-refractivity contribution < 1.29 is 4.79 Å². The molecule has 0 fully saturated rings. The van der Waals surface area contributed by atoms with Gasteiger partial charge in [-0.25, -0.2) is 0 Å². The molecule has 1 rings (SSSR count). The van der Waals surface area contributed by atoms with Gasteiger partial charge in [-0.15, -0.1) is 29.9 Å². The van der Waals surface area contributed by atoms with E-state index in [1.807, 2.05) is 0 Å². The Balaban J connectivity index is 0. The van der Waals surface area contributed by atoms with Crippen LogP contribution in [-0.4, -0.2) is 11.9 Å². The van der Waals surface area contributed by atoms with Gasteiger partial charge in [-0.2, -0.15) is 0 Å². The van der Waals surface area contributed by atoms with Gasteiger partial charge in [-0.3, -0.25) is 10.1 Å². The van der Waals surface area contributed by atoms with Crippen LogP contribution in [0.5, 0.6) is 0 Å². The molecule has 5 nitrogen and oxygen atoms in total. The molecular weight excluding hydrogens is 399 g/mol. The second-order valence-electron chi connectivity index (χ2n) is 2.60. The Kier molecular flexibility index (Phi) is 9.51. The highest BCUT2D eigenvalue weighted by molar-refractivity contribution is 9.13. The monoisotopic (exact) mass is 406 g/mol. The Morgan fingerprint density at radius 3 is 2.29 bits per heavy atom. The first kappa shape index (κ1) is 18.9. The molecule has 0 spiro atoms. The third-order valence-electron chi connectivity index (χ3n) is 1.56. The summed E-state index contributed by atoms with van der Waals surface area (Å²) in [6.45, 7) is 0. The molecule has 5 N–H and O–H groups in total. The van der Waals surface area contributed by atoms with Crippen LogP contribution in [-0.2, 0) is 0 Å². The summed E-state index contributed by atoms with van der Waals surface area (Å²) in [7, 11) is 0. The smallest absolute Gasteiger partial charge is 0.258 e. The van der Waals surface area contributed by atoms with Crippen LogP contribution in [0.1, 0.15) is 10.4 Å². The Hall–Kier alpha value is -0.500. The van der Waals surface area contributed by atoms with E-state index in [0.717, 1.165) is 8.95 Å². The van der Waals surface area contributed by atoms with Crippen LogP contribution in [0.4, 0.5) is 0 Å². The zero-order valence-electron chi connectivity index (χ0n) is 8.31. The first-order valence-corrected chi connectivity index (χ1v) is 5.43. The predicted octanol–water partition coefficient (Wildman–Crippen LogP) is 1.97. The Bertz CT molecular complexity index is 428. The van der Waals surface area contributed by atoms with Gasteiger partial charge in [-0.05, 0) is 50.1 Å². The van der Waals surface area contributed by atoms with Crippen LogP contribution in [0.25, 0.3) is 0 Å². The lowest BCUT2D eigenvalue weighted by Crippen LogP contribution is -2.37. The van der Waals surface area contributed by atoms with Crippen LogP contribution >= 0.6 is 56.7 Å². The van der Waals surface area contributed by atoms with Gasteiger partial charge in [0, 0.05) is 14.5 Å². The number of hydrogen-bond acceptors (Lipinski definition) is 3. The molecule has 0 unspecified atom stereocenters. The molecule has 1 amide bonds. The lowest BCUT2D eigenvalue weighted by Gasteiger charge is -2.04. The molecule has 1 aromatic carbocycles. The number of nitrogens with one attached hydrogen (secondary N) is 1. The molecule has 0 saturated carbocycles. The van der Waals surface area contributed by atoms with Crippen molar-refractivity contribution in [1.82, 2.24) is 5.32 Å². The average molecular weight is 409 g/mol. The van der Waals surface area contributed by atoms with E-state index in [0.29, 0.717) is 5.56 Å². The van der Waals surface area contributed by atoms with Gasteiger partial charge in [0.25, 0.3) is 5.91 Å². The van der Waals surface area contributed by atoms with Crippen LogP contribution in [0.15, 0.2) is 32.2 Å². The van der Waals surface area contributed by atoms with Crippen molar-refractivity contribution in [3.05, 3.63) is 32.7 Å². The highest BCUT2D eigenvalue weighted by atomic mass is 79.9. The Labute approximate surface area is 127 Å². The summed E-state index contributed by atoms with van der Waals surface area (Å²) in [4.78, 5) is 11.5. The second kappa shape index (κ2) is 8.57. The van der Waals surface area contributed by atoms with E-state index in [2.05, 4.69) is 42.3 Å². The molecular formula is C8H10Br2Cl2N4O. The minimum absolute atomic E-state index is 0. The molecule has 96 valence electrons. The fourth-order valence-electron chi connectivity index (χ4n) is 0.858. The SMILES string of the molecule is Cl.Cl.NN=C(N)NC(=O)c1ccc(Br)c(Br)c1. The molecule has 0 aliphatic heterocycles. The fourth-order valence-corrected chi connectivity index (χ4v) is 1.48. The molecule has 0 radical (unpaired) electrons. The van der Waals surface area contributed by atoms with Crippen LogP contribution in [0.2, 0.25) is 0 Å². The van der Waals surface area contributed by atoms with Crippen molar-refractivity contribution in [3.8, 4) is 0 Å². The van der Waals surface area contributed by atoms with Crippen LogP contribution in [0.3, 0.4) is 0 Å². The Morgan fingerprint density at radius 2 is 1.82 bits per heavy atom. The maximum atomic E-state index is 11.5. The maximum Gasteiger partial charge on any atom is 0.258 e. The van der Waals surface area contributed by atoms with Crippen molar-refractivity contribution in [3.63, 3.8) is 0 Å². The van der Waals surface area contributed by atoms with E-state index in [9.17, 15) is 4.79 Å². The quantitative estimate of drug-likeness (QED) is 0.287. The number of hydrazone groups is 1. The predicted molar refractivity (Wildman–Crippen MR) is 79.6 cm³/mol. The zero-order valence-corrected chi connectivity index (χ0v) is 13.1. The number of carbonyl (C=O) groups is 1. The van der Waals surface area contributed by atoms with Crippen LogP contribution in [0, 0.1) is 0 Å². The number of guanidine groups is 1. The number of amides is 1. The molecule has 0 heterocycles. The van der Waals surface area contributed by atoms with E-state index >= 15 is 0 Å². The number of nitrogens with zero attached hydrogens (tertiary/aromatic N) is 1. The van der Waals surface area contributed by atoms with Gasteiger partial charge >= 0.3 is 0 Å². The lowest BCUT2D eigenvalue weighted by molar-refractivity contribution is 0.0976. The van der Waals surface area contributed by atoms with E-state index in [1.165, 1.54) is 0 Å². The highest BCUT2D eigenvalue weighted by Crippen LogP contribution is 2.23. The summed E-state index contributed by atoms with van der Waals surface area (Å²) in [6.07, 6.45) is 0. The molecule has 0 aliphatic carbocycles. The zero-order chi connectivity index (χ0) is 11.4. The number of hydrogen-bond donors (Lipinski definition) is 3. The first-order chi connectivity index (χ1) is 7.04. The van der Waals surface area contributed by atoms with Gasteiger partial charge in [0.1, 0.15) is 0 Å². The largest absolute Gasteiger partial charge is 0.368 e. The fraction of sp³-hybridized carbons (Fsp3) is 0. The third kappa shape index (κ3) is 5.58. The Morgan fingerprint density at radius 1 is 1.24 bits per heavy atom. The van der Waals surface area contributed by atoms with Gasteiger partial charge in [-0.1, -0.05) is 0 Å². The van der Waals surface area contributed by atoms with Gasteiger partial charge in [0.15, 0.2) is 0 Å². The highest BCUT2D eigenvalue weighted by Gasteiger charge is 2.08. The van der Waals surface area contributed by atoms with Crippen molar-refractivity contribution in [1.29, 1.82) is 0 Å². The summed E-state index contributed by atoms with van der Waals surface area (Å²) in [5.74, 6) is 4.39. The molecule has 1 aromatic rings. The first-order valence-electron chi connectivity index (χ1n) is 3.84. The standard InChI is InChI=1S/C8H8Br2N4O.2ClH/c9-5-2-1-4(3-6(5)10)7(15)13-8(11)14-12;;/h1-3H,12H2,(H3,11,13,14,15);2*1H. The van der Waals surface area contributed by atoms with E-state index in [-0.39, 0.29) is 36.7 Å². The minimum atomic E-state index is -0.366. The molecule has 17 heavy (non-hydrogen) atoms. The van der Waals surface area contributed by atoms with Gasteiger partial charge in [0.2, 0.25) is 5.96 Å². The summed E-state index contributed by atoms with van der Waals surface area (Å²) in [6, 6.07) is 5.05. The van der Waals surface area contributed by atoms with Crippen LogP contribution < -0.4 is 16.9 Å². The number of rotatable bonds is 1. The van der Waals surface area contributed by atoms with Gasteiger partial charge in [0.05, 0.1) is 0 Å². The lowest BCUT2D eigenvalue weighted by atomic mass is 10.2. The molecule has 0 bridgehead atoms. The summed E-state index contributed by atoms with van der Waals surface area (Å²) < 4.78 is 1.64. The van der Waals surface area contributed by atoms with E-state index in [1.54, 1.807) is 18.2 Å². The van der Waals surface area contributed by atoms with Crippen molar-refractivity contribution >= 4 is 68.5 Å².